The molecule has 0 radical (unpaired) electrons. The molecule has 1 heterocycles. The van der Waals surface area contributed by atoms with E-state index in [0.717, 1.165) is 18.0 Å². The zero-order chi connectivity index (χ0) is 14.0. The zero-order valence-electron chi connectivity index (χ0n) is 11.8. The molecule has 0 bridgehead atoms. The van der Waals surface area contributed by atoms with Crippen LogP contribution in [0.4, 0.5) is 0 Å². The number of nitrogens with zero attached hydrogens (tertiary/aromatic N) is 2. The van der Waals surface area contributed by atoms with Gasteiger partial charge < -0.3 is 10.0 Å². The van der Waals surface area contributed by atoms with E-state index >= 15 is 0 Å². The smallest absolute Gasteiger partial charge is 0.345 e. The number of carboxylic acid groups (broad SMARTS) is 1. The summed E-state index contributed by atoms with van der Waals surface area (Å²) in [5, 5.41) is 8.93. The van der Waals surface area contributed by atoms with Gasteiger partial charge in [0.15, 0.2) is 0 Å². The number of thiophene rings is 1. The van der Waals surface area contributed by atoms with Gasteiger partial charge in [0.2, 0.25) is 0 Å². The summed E-state index contributed by atoms with van der Waals surface area (Å²) in [6.07, 6.45) is 3.83. The molecule has 1 N–H and O–H groups in total. The molecular weight excluding hydrogens is 260 g/mol. The van der Waals surface area contributed by atoms with Crippen molar-refractivity contribution in [1.29, 1.82) is 0 Å². The second-order valence-corrected chi connectivity index (χ2v) is 6.88. The van der Waals surface area contributed by atoms with E-state index in [1.807, 2.05) is 6.07 Å². The van der Waals surface area contributed by atoms with Gasteiger partial charge in [-0.05, 0) is 52.5 Å². The summed E-state index contributed by atoms with van der Waals surface area (Å²) in [5.74, 6) is -0.831. The highest BCUT2D eigenvalue weighted by Gasteiger charge is 2.39. The Kier molecular flexibility index (Phi) is 4.28. The lowest BCUT2D eigenvalue weighted by Gasteiger charge is -2.49. The highest BCUT2D eigenvalue weighted by molar-refractivity contribution is 7.13. The van der Waals surface area contributed by atoms with E-state index in [-0.39, 0.29) is 0 Å². The number of hydrogen-bond donors (Lipinski definition) is 1. The quantitative estimate of drug-likeness (QED) is 0.870. The minimum absolute atomic E-state index is 0.321. The van der Waals surface area contributed by atoms with Gasteiger partial charge in [0.05, 0.1) is 0 Å². The van der Waals surface area contributed by atoms with Gasteiger partial charge >= 0.3 is 5.97 Å². The molecule has 0 aliphatic heterocycles. The molecule has 1 aliphatic rings. The molecule has 1 aromatic rings. The van der Waals surface area contributed by atoms with Crippen LogP contribution < -0.4 is 0 Å². The maximum Gasteiger partial charge on any atom is 0.345 e. The van der Waals surface area contributed by atoms with Crippen LogP contribution in [0.2, 0.25) is 0 Å². The van der Waals surface area contributed by atoms with Crippen molar-refractivity contribution in [2.45, 2.75) is 31.3 Å². The van der Waals surface area contributed by atoms with E-state index in [2.05, 4.69) is 30.9 Å². The summed E-state index contributed by atoms with van der Waals surface area (Å²) in [4.78, 5) is 17.0. The average Bonchev–Trinajstić information content (AvgIpc) is 2.71. The number of carboxylic acids is 1. The van der Waals surface area contributed by atoms with E-state index in [4.69, 9.17) is 5.11 Å². The van der Waals surface area contributed by atoms with Crippen molar-refractivity contribution in [3.05, 3.63) is 21.9 Å². The predicted molar refractivity (Wildman–Crippen MR) is 77.9 cm³/mol. The molecule has 1 saturated carbocycles. The van der Waals surface area contributed by atoms with E-state index in [1.54, 1.807) is 6.07 Å². The van der Waals surface area contributed by atoms with Gasteiger partial charge in [0, 0.05) is 23.5 Å². The number of carbonyl (C=O) groups is 1. The molecule has 0 atom stereocenters. The van der Waals surface area contributed by atoms with Crippen LogP contribution in [0.15, 0.2) is 12.1 Å². The number of aromatic carboxylic acids is 1. The Hall–Kier alpha value is -0.910. The third kappa shape index (κ3) is 3.16. The summed E-state index contributed by atoms with van der Waals surface area (Å²) < 4.78 is 0. The Bertz CT molecular complexity index is 452. The maximum absolute atomic E-state index is 10.9. The van der Waals surface area contributed by atoms with Gasteiger partial charge in [-0.15, -0.1) is 11.3 Å². The molecule has 2 rings (SSSR count). The first-order valence-corrected chi connectivity index (χ1v) is 7.43. The van der Waals surface area contributed by atoms with Gasteiger partial charge in [0.1, 0.15) is 4.88 Å². The second-order valence-electron chi connectivity index (χ2n) is 5.72. The summed E-state index contributed by atoms with van der Waals surface area (Å²) >= 11 is 1.37. The monoisotopic (exact) mass is 282 g/mol. The number of likely N-dealkylation sites (N-methyl/N-ethyl adjacent to an activating group) is 2. The van der Waals surface area contributed by atoms with Crippen LogP contribution in [0.25, 0.3) is 0 Å². The molecule has 0 amide bonds. The van der Waals surface area contributed by atoms with Crippen LogP contribution in [0, 0.1) is 0 Å². The Labute approximate surface area is 118 Å². The molecular formula is C14H22N2O2S. The zero-order valence-corrected chi connectivity index (χ0v) is 12.7. The highest BCUT2D eigenvalue weighted by atomic mass is 32.1. The van der Waals surface area contributed by atoms with E-state index in [9.17, 15) is 4.79 Å². The second kappa shape index (κ2) is 5.61. The van der Waals surface area contributed by atoms with Crippen molar-refractivity contribution in [2.24, 2.45) is 0 Å². The van der Waals surface area contributed by atoms with Crippen LogP contribution in [0.1, 0.15) is 33.8 Å². The number of hydrogen-bond acceptors (Lipinski definition) is 4. The van der Waals surface area contributed by atoms with Gasteiger partial charge in [-0.3, -0.25) is 4.90 Å². The van der Waals surface area contributed by atoms with Crippen LogP contribution in [-0.4, -0.2) is 54.1 Å². The minimum Gasteiger partial charge on any atom is -0.477 e. The van der Waals surface area contributed by atoms with Gasteiger partial charge in [-0.2, -0.15) is 0 Å². The van der Waals surface area contributed by atoms with Crippen molar-refractivity contribution in [1.82, 2.24) is 9.80 Å². The van der Waals surface area contributed by atoms with Crippen LogP contribution in [0.3, 0.4) is 0 Å². The fourth-order valence-electron chi connectivity index (χ4n) is 2.73. The van der Waals surface area contributed by atoms with Crippen LogP contribution in [-0.2, 0) is 6.54 Å². The van der Waals surface area contributed by atoms with Crippen LogP contribution >= 0.6 is 11.3 Å². The predicted octanol–water partition coefficient (Wildman–Crippen LogP) is 2.36. The van der Waals surface area contributed by atoms with Gasteiger partial charge in [0.25, 0.3) is 0 Å². The lowest BCUT2D eigenvalue weighted by molar-refractivity contribution is 0.0261. The first kappa shape index (κ1) is 14.5. The van der Waals surface area contributed by atoms with Crippen molar-refractivity contribution < 1.29 is 9.90 Å². The van der Waals surface area contributed by atoms with E-state index < -0.39 is 5.97 Å². The van der Waals surface area contributed by atoms with E-state index in [0.29, 0.717) is 10.4 Å². The molecule has 0 saturated heterocycles. The fourth-order valence-corrected chi connectivity index (χ4v) is 3.66. The van der Waals surface area contributed by atoms with Gasteiger partial charge in [-0.25, -0.2) is 4.79 Å². The maximum atomic E-state index is 10.9. The Morgan fingerprint density at radius 3 is 2.47 bits per heavy atom. The van der Waals surface area contributed by atoms with Crippen molar-refractivity contribution in [3.8, 4) is 0 Å². The minimum atomic E-state index is -0.831. The van der Waals surface area contributed by atoms with Gasteiger partial charge in [-0.1, -0.05) is 0 Å². The lowest BCUT2D eigenvalue weighted by Crippen LogP contribution is -2.56. The molecule has 0 aromatic carbocycles. The van der Waals surface area contributed by atoms with Crippen LogP contribution in [0.5, 0.6) is 0 Å². The Morgan fingerprint density at radius 1 is 1.37 bits per heavy atom. The SMILES string of the molecule is CN(Cc1ccc(C(=O)O)s1)CC1(N(C)C)CCC1. The average molecular weight is 282 g/mol. The number of rotatable bonds is 6. The molecule has 1 aliphatic carbocycles. The molecule has 0 unspecified atom stereocenters. The Morgan fingerprint density at radius 2 is 2.05 bits per heavy atom. The highest BCUT2D eigenvalue weighted by Crippen LogP contribution is 2.37. The summed E-state index contributed by atoms with van der Waals surface area (Å²) in [7, 11) is 6.42. The molecule has 4 nitrogen and oxygen atoms in total. The fraction of sp³-hybridized carbons (Fsp3) is 0.643. The first-order chi connectivity index (χ1) is 8.93. The topological polar surface area (TPSA) is 43.8 Å². The molecule has 1 fully saturated rings. The van der Waals surface area contributed by atoms with Crippen molar-refractivity contribution in [2.75, 3.05) is 27.7 Å². The van der Waals surface area contributed by atoms with E-state index in [1.165, 1.54) is 30.6 Å². The first-order valence-electron chi connectivity index (χ1n) is 6.61. The Balaban J connectivity index is 1.93. The standard InChI is InChI=1S/C14H22N2O2S/c1-15(2)14(7-4-8-14)10-16(3)9-11-5-6-12(19-11)13(17)18/h5-6H,4,7-10H2,1-3H3,(H,17,18). The third-order valence-electron chi connectivity index (χ3n) is 4.10. The molecule has 19 heavy (non-hydrogen) atoms. The summed E-state index contributed by atoms with van der Waals surface area (Å²) in [6.45, 7) is 1.87. The molecule has 0 spiro atoms. The van der Waals surface area contributed by atoms with Crippen molar-refractivity contribution >= 4 is 17.3 Å². The third-order valence-corrected chi connectivity index (χ3v) is 5.15. The van der Waals surface area contributed by atoms with Crippen molar-refractivity contribution in [3.63, 3.8) is 0 Å². The normalized spacial score (nSPS) is 17.7. The molecule has 106 valence electrons. The molecule has 1 aromatic heterocycles. The molecule has 5 heteroatoms. The largest absolute Gasteiger partial charge is 0.477 e. The summed E-state index contributed by atoms with van der Waals surface area (Å²) in [5.41, 5.74) is 0.321. The summed E-state index contributed by atoms with van der Waals surface area (Å²) in [6, 6.07) is 3.62. The lowest BCUT2D eigenvalue weighted by atomic mass is 9.75.